The minimum Gasteiger partial charge on any atom is -0.492 e. The van der Waals surface area contributed by atoms with Crippen molar-refractivity contribution in [1.82, 2.24) is 10.6 Å². The minimum absolute atomic E-state index is 0. The topological polar surface area (TPSA) is 45.7 Å². The predicted octanol–water partition coefficient (Wildman–Crippen LogP) is 3.13. The number of aliphatic imine (C=N–C) groups is 1. The first-order valence-electron chi connectivity index (χ1n) is 7.70. The molecule has 4 nitrogen and oxygen atoms in total. The van der Waals surface area contributed by atoms with Crippen molar-refractivity contribution in [3.63, 3.8) is 0 Å². The van der Waals surface area contributed by atoms with Crippen LogP contribution in [0.15, 0.2) is 35.3 Å². The molecule has 1 fully saturated rings. The van der Waals surface area contributed by atoms with Crippen LogP contribution in [0.4, 0.5) is 0 Å². The highest BCUT2D eigenvalue weighted by atomic mass is 127. The highest BCUT2D eigenvalue weighted by molar-refractivity contribution is 14.0. The fraction of sp³-hybridized carbons (Fsp3) is 0.562. The second-order valence-electron chi connectivity index (χ2n) is 4.94. The van der Waals surface area contributed by atoms with Gasteiger partial charge in [-0.05, 0) is 37.7 Å². The number of hydrogen-bond donors (Lipinski definition) is 2. The summed E-state index contributed by atoms with van der Waals surface area (Å²) >= 11 is 2.04. The van der Waals surface area contributed by atoms with Crippen LogP contribution in [0, 0.1) is 0 Å². The molecule has 1 heterocycles. The summed E-state index contributed by atoms with van der Waals surface area (Å²) in [6, 6.07) is 9.89. The van der Waals surface area contributed by atoms with E-state index in [1.807, 2.05) is 42.1 Å². The lowest BCUT2D eigenvalue weighted by molar-refractivity contribution is 0.322. The average molecular weight is 435 g/mol. The molecule has 1 aliphatic rings. The summed E-state index contributed by atoms with van der Waals surface area (Å²) in [6.07, 6.45) is 2.63. The minimum atomic E-state index is 0. The number of halogens is 1. The molecule has 1 aromatic rings. The quantitative estimate of drug-likeness (QED) is 0.299. The van der Waals surface area contributed by atoms with Gasteiger partial charge in [-0.1, -0.05) is 18.2 Å². The van der Waals surface area contributed by atoms with Crippen LogP contribution in [0.2, 0.25) is 0 Å². The summed E-state index contributed by atoms with van der Waals surface area (Å²) in [5.74, 6) is 3.08. The standard InChI is InChI=1S/C16H25N3OS.HI/c1-2-17-16(19-13-15-9-6-12-21-15)18-10-11-20-14-7-4-3-5-8-14;/h3-5,7-8,15H,2,6,9-13H2,1H3,(H2,17,18,19);1H. The van der Waals surface area contributed by atoms with E-state index in [-0.39, 0.29) is 24.0 Å². The van der Waals surface area contributed by atoms with Crippen molar-refractivity contribution in [1.29, 1.82) is 0 Å². The fourth-order valence-electron chi connectivity index (χ4n) is 2.18. The van der Waals surface area contributed by atoms with Gasteiger partial charge in [0.15, 0.2) is 5.96 Å². The Labute approximate surface area is 154 Å². The van der Waals surface area contributed by atoms with E-state index in [0.29, 0.717) is 11.9 Å². The maximum atomic E-state index is 5.66. The van der Waals surface area contributed by atoms with Crippen LogP contribution in [0.25, 0.3) is 0 Å². The average Bonchev–Trinajstić information content (AvgIpc) is 3.03. The van der Waals surface area contributed by atoms with E-state index in [4.69, 9.17) is 4.74 Å². The normalized spacial score (nSPS) is 17.7. The van der Waals surface area contributed by atoms with E-state index in [1.54, 1.807) is 0 Å². The zero-order chi connectivity index (χ0) is 14.8. The highest BCUT2D eigenvalue weighted by Crippen LogP contribution is 2.25. The van der Waals surface area contributed by atoms with Gasteiger partial charge in [0.1, 0.15) is 12.4 Å². The van der Waals surface area contributed by atoms with Crippen LogP contribution >= 0.6 is 35.7 Å². The SMILES string of the molecule is CCNC(=NCC1CCCS1)NCCOc1ccccc1.I. The van der Waals surface area contributed by atoms with Crippen LogP contribution < -0.4 is 15.4 Å². The summed E-state index contributed by atoms with van der Waals surface area (Å²) in [5.41, 5.74) is 0. The second-order valence-corrected chi connectivity index (χ2v) is 6.35. The van der Waals surface area contributed by atoms with Crippen molar-refractivity contribution in [2.45, 2.75) is 25.0 Å². The Morgan fingerprint density at radius 2 is 2.14 bits per heavy atom. The Morgan fingerprint density at radius 1 is 1.32 bits per heavy atom. The molecule has 0 aliphatic carbocycles. The van der Waals surface area contributed by atoms with Gasteiger partial charge in [0, 0.05) is 11.8 Å². The first-order chi connectivity index (χ1) is 10.4. The Morgan fingerprint density at radius 3 is 2.82 bits per heavy atom. The molecule has 2 rings (SSSR count). The van der Waals surface area contributed by atoms with Gasteiger partial charge in [0.25, 0.3) is 0 Å². The lowest BCUT2D eigenvalue weighted by atomic mass is 10.2. The molecule has 1 atom stereocenters. The molecule has 6 heteroatoms. The highest BCUT2D eigenvalue weighted by Gasteiger charge is 2.14. The van der Waals surface area contributed by atoms with E-state index in [0.717, 1.165) is 31.3 Å². The van der Waals surface area contributed by atoms with Gasteiger partial charge in [-0.25, -0.2) is 0 Å². The van der Waals surface area contributed by atoms with Crippen molar-refractivity contribution < 1.29 is 4.74 Å². The molecule has 1 aliphatic heterocycles. The molecule has 0 spiro atoms. The van der Waals surface area contributed by atoms with Gasteiger partial charge in [-0.15, -0.1) is 24.0 Å². The number of para-hydroxylation sites is 1. The van der Waals surface area contributed by atoms with Crippen molar-refractivity contribution in [2.75, 3.05) is 32.0 Å². The Bertz CT molecular complexity index is 425. The number of guanidine groups is 1. The smallest absolute Gasteiger partial charge is 0.191 e. The molecule has 0 amide bonds. The first kappa shape index (κ1) is 19.4. The summed E-state index contributed by atoms with van der Waals surface area (Å²) < 4.78 is 5.66. The maximum Gasteiger partial charge on any atom is 0.191 e. The molecular weight excluding hydrogens is 409 g/mol. The number of hydrogen-bond acceptors (Lipinski definition) is 3. The Kier molecular flexibility index (Phi) is 10.5. The summed E-state index contributed by atoms with van der Waals surface area (Å²) in [7, 11) is 0. The maximum absolute atomic E-state index is 5.66. The van der Waals surface area contributed by atoms with Crippen molar-refractivity contribution >= 4 is 41.7 Å². The van der Waals surface area contributed by atoms with Gasteiger partial charge < -0.3 is 15.4 Å². The molecule has 2 N–H and O–H groups in total. The molecular formula is C16H26IN3OS. The third kappa shape index (κ3) is 7.58. The number of nitrogens with one attached hydrogen (secondary N) is 2. The summed E-state index contributed by atoms with van der Waals surface area (Å²) in [6.45, 7) is 5.25. The molecule has 1 unspecified atom stereocenters. The zero-order valence-electron chi connectivity index (χ0n) is 13.1. The third-order valence-electron chi connectivity index (χ3n) is 3.23. The van der Waals surface area contributed by atoms with E-state index >= 15 is 0 Å². The fourth-order valence-corrected chi connectivity index (χ4v) is 3.36. The lowest BCUT2D eigenvalue weighted by Crippen LogP contribution is -2.39. The van der Waals surface area contributed by atoms with Crippen molar-refractivity contribution in [3.05, 3.63) is 30.3 Å². The number of rotatable bonds is 7. The number of thioether (sulfide) groups is 1. The van der Waals surface area contributed by atoms with Gasteiger partial charge in [0.05, 0.1) is 13.1 Å². The number of benzene rings is 1. The largest absolute Gasteiger partial charge is 0.492 e. The van der Waals surface area contributed by atoms with Gasteiger partial charge >= 0.3 is 0 Å². The van der Waals surface area contributed by atoms with E-state index < -0.39 is 0 Å². The van der Waals surface area contributed by atoms with Gasteiger partial charge in [-0.3, -0.25) is 4.99 Å². The zero-order valence-corrected chi connectivity index (χ0v) is 16.2. The Hall–Kier alpha value is -0.630. The molecule has 1 aromatic carbocycles. The van der Waals surface area contributed by atoms with Crippen LogP contribution in [0.5, 0.6) is 5.75 Å². The van der Waals surface area contributed by atoms with Crippen LogP contribution in [0.1, 0.15) is 19.8 Å². The van der Waals surface area contributed by atoms with Crippen molar-refractivity contribution in [3.8, 4) is 5.75 Å². The molecule has 124 valence electrons. The molecule has 0 saturated carbocycles. The molecule has 0 bridgehead atoms. The van der Waals surface area contributed by atoms with Crippen LogP contribution in [0.3, 0.4) is 0 Å². The van der Waals surface area contributed by atoms with E-state index in [2.05, 4.69) is 22.5 Å². The summed E-state index contributed by atoms with van der Waals surface area (Å²) in [5, 5.41) is 7.29. The Balaban J connectivity index is 0.00000242. The molecule has 22 heavy (non-hydrogen) atoms. The van der Waals surface area contributed by atoms with Gasteiger partial charge in [-0.2, -0.15) is 11.8 Å². The second kappa shape index (κ2) is 11.9. The third-order valence-corrected chi connectivity index (χ3v) is 4.61. The molecule has 0 aromatic heterocycles. The van der Waals surface area contributed by atoms with Crippen LogP contribution in [-0.4, -0.2) is 43.2 Å². The first-order valence-corrected chi connectivity index (χ1v) is 8.75. The van der Waals surface area contributed by atoms with E-state index in [1.165, 1.54) is 18.6 Å². The monoisotopic (exact) mass is 435 g/mol. The number of nitrogens with zero attached hydrogens (tertiary/aromatic N) is 1. The predicted molar refractivity (Wildman–Crippen MR) is 107 cm³/mol. The lowest BCUT2D eigenvalue weighted by Gasteiger charge is -2.13. The molecule has 1 saturated heterocycles. The van der Waals surface area contributed by atoms with Crippen LogP contribution in [-0.2, 0) is 0 Å². The summed E-state index contributed by atoms with van der Waals surface area (Å²) in [4.78, 5) is 4.66. The molecule has 0 radical (unpaired) electrons. The van der Waals surface area contributed by atoms with E-state index in [9.17, 15) is 0 Å². The number of ether oxygens (including phenoxy) is 1. The van der Waals surface area contributed by atoms with Crippen molar-refractivity contribution in [2.24, 2.45) is 4.99 Å². The van der Waals surface area contributed by atoms with Gasteiger partial charge in [0.2, 0.25) is 0 Å².